The number of anilines is 5. The maximum atomic E-state index is 2.40. The van der Waals surface area contributed by atoms with Crippen molar-refractivity contribution >= 4 is 28.4 Å². The van der Waals surface area contributed by atoms with Crippen molar-refractivity contribution < 1.29 is 0 Å². The summed E-state index contributed by atoms with van der Waals surface area (Å²) in [5, 5.41) is 0. The Labute approximate surface area is 366 Å². The third kappa shape index (κ3) is 8.37. The molecule has 0 saturated heterocycles. The van der Waals surface area contributed by atoms with Crippen LogP contribution in [0.15, 0.2) is 261 Å². The third-order valence-electron chi connectivity index (χ3n) is 12.2. The van der Waals surface area contributed by atoms with Crippen molar-refractivity contribution in [1.29, 1.82) is 0 Å². The minimum Gasteiger partial charge on any atom is -0.311 e. The van der Waals surface area contributed by atoms with E-state index in [0.29, 0.717) is 11.8 Å². The average Bonchev–Trinajstić information content (AvgIpc) is 3.36. The summed E-state index contributed by atoms with van der Waals surface area (Å²) >= 11 is 0. The van der Waals surface area contributed by atoms with Crippen LogP contribution in [0.5, 0.6) is 0 Å². The van der Waals surface area contributed by atoms with Gasteiger partial charge >= 0.3 is 0 Å². The first kappa shape index (κ1) is 38.5. The maximum absolute atomic E-state index is 2.40. The van der Waals surface area contributed by atoms with Crippen LogP contribution in [0.4, 0.5) is 28.4 Å². The van der Waals surface area contributed by atoms with Gasteiger partial charge in [-0.15, -0.1) is 0 Å². The summed E-state index contributed by atoms with van der Waals surface area (Å²) in [6.45, 7) is 0. The highest BCUT2D eigenvalue weighted by Gasteiger charge is 2.20. The largest absolute Gasteiger partial charge is 0.311 e. The van der Waals surface area contributed by atoms with Crippen molar-refractivity contribution in [1.82, 2.24) is 0 Å². The van der Waals surface area contributed by atoms with Crippen LogP contribution in [0.2, 0.25) is 0 Å². The van der Waals surface area contributed by atoms with Crippen molar-refractivity contribution in [2.45, 2.75) is 24.7 Å². The first-order chi connectivity index (χ1) is 30.7. The van der Waals surface area contributed by atoms with Crippen LogP contribution in [0.3, 0.4) is 0 Å². The van der Waals surface area contributed by atoms with Gasteiger partial charge in [0.05, 0.1) is 0 Å². The number of hydrogen-bond acceptors (Lipinski definition) is 2. The fourth-order valence-electron chi connectivity index (χ4n) is 8.79. The van der Waals surface area contributed by atoms with Crippen molar-refractivity contribution in [2.75, 3.05) is 9.80 Å². The quantitative estimate of drug-likeness (QED) is 0.129. The Morgan fingerprint density at radius 3 is 1.08 bits per heavy atom. The SMILES string of the molecule is C1=CCC(c2ccc(N(C3=CCC(c4ccccc4)C=C3)c3ccc(-c4ccc(N(c5ccc(-c6ccccc6)cc5)c5ccc(-c6ccccc6)cc5)cc4)cc3)cc2)C=C1. The molecule has 2 heteroatoms. The molecule has 2 nitrogen and oxygen atoms in total. The molecule has 2 unspecified atom stereocenters. The molecule has 0 N–H and O–H groups in total. The Hall–Kier alpha value is -7.68. The Balaban J connectivity index is 0.942. The predicted molar refractivity (Wildman–Crippen MR) is 263 cm³/mol. The van der Waals surface area contributed by atoms with E-state index in [1.807, 2.05) is 0 Å². The molecule has 62 heavy (non-hydrogen) atoms. The standard InChI is InChI=1S/C60H48N2/c1-5-13-45(14-6-1)49-21-33-55(34-22-49)61(56-35-23-50(24-36-56)46-15-7-2-8-16-46)59-41-29-53(30-42-59)54-31-43-60(44-32-54)62(57-37-25-51(26-38-57)47-17-9-3-10-18-47)58-39-27-52(28-40-58)48-19-11-4-12-20-48/h1-19,21-25,27-44,48,51H,20,26H2. The minimum atomic E-state index is 0.374. The first-order valence-electron chi connectivity index (χ1n) is 21.7. The van der Waals surface area contributed by atoms with E-state index < -0.39 is 0 Å². The van der Waals surface area contributed by atoms with Crippen LogP contribution in [0.25, 0.3) is 33.4 Å². The Kier molecular flexibility index (Phi) is 11.1. The summed E-state index contributed by atoms with van der Waals surface area (Å²) in [6, 6.07) is 76.9. The van der Waals surface area contributed by atoms with Crippen molar-refractivity contribution in [3.8, 4) is 33.4 Å². The molecule has 8 aromatic rings. The van der Waals surface area contributed by atoms with E-state index in [0.717, 1.165) is 41.3 Å². The lowest BCUT2D eigenvalue weighted by Crippen LogP contribution is -2.17. The van der Waals surface area contributed by atoms with Gasteiger partial charge in [0, 0.05) is 46.0 Å². The van der Waals surface area contributed by atoms with Gasteiger partial charge in [-0.2, -0.15) is 0 Å². The third-order valence-corrected chi connectivity index (χ3v) is 12.2. The summed E-state index contributed by atoms with van der Waals surface area (Å²) in [5.74, 6) is 0.792. The second kappa shape index (κ2) is 17.9. The molecule has 298 valence electrons. The summed E-state index contributed by atoms with van der Waals surface area (Å²) < 4.78 is 0. The zero-order valence-corrected chi connectivity index (χ0v) is 34.7. The molecule has 10 rings (SSSR count). The lowest BCUT2D eigenvalue weighted by Gasteiger charge is -2.29. The van der Waals surface area contributed by atoms with Crippen LogP contribution in [0, 0.1) is 0 Å². The predicted octanol–water partition coefficient (Wildman–Crippen LogP) is 16.5. The topological polar surface area (TPSA) is 6.48 Å². The minimum absolute atomic E-state index is 0.374. The highest BCUT2D eigenvalue weighted by molar-refractivity contribution is 5.82. The molecule has 2 aliphatic carbocycles. The summed E-state index contributed by atoms with van der Waals surface area (Å²) in [4.78, 5) is 4.74. The molecule has 0 fully saturated rings. The zero-order valence-electron chi connectivity index (χ0n) is 34.7. The molecule has 0 spiro atoms. The zero-order chi connectivity index (χ0) is 41.5. The molecular formula is C60H48N2. The number of allylic oxidation sites excluding steroid dienone is 7. The Morgan fingerprint density at radius 2 is 0.677 bits per heavy atom. The molecule has 0 radical (unpaired) electrons. The lowest BCUT2D eigenvalue weighted by atomic mass is 9.91. The molecule has 2 atom stereocenters. The normalized spacial score (nSPS) is 15.5. The Morgan fingerprint density at radius 1 is 0.306 bits per heavy atom. The van der Waals surface area contributed by atoms with Gasteiger partial charge in [-0.1, -0.05) is 188 Å². The van der Waals surface area contributed by atoms with Gasteiger partial charge < -0.3 is 9.80 Å². The van der Waals surface area contributed by atoms with E-state index in [2.05, 4.69) is 265 Å². The first-order valence-corrected chi connectivity index (χ1v) is 21.7. The fourth-order valence-corrected chi connectivity index (χ4v) is 8.79. The van der Waals surface area contributed by atoms with Gasteiger partial charge in [0.2, 0.25) is 0 Å². The number of benzene rings is 8. The van der Waals surface area contributed by atoms with Crippen LogP contribution >= 0.6 is 0 Å². The van der Waals surface area contributed by atoms with Gasteiger partial charge in [-0.3, -0.25) is 0 Å². The molecule has 0 heterocycles. The highest BCUT2D eigenvalue weighted by Crippen LogP contribution is 2.40. The molecule has 0 aromatic heterocycles. The summed E-state index contributed by atoms with van der Waals surface area (Å²) in [7, 11) is 0. The fraction of sp³-hybridized carbons (Fsp3) is 0.0667. The van der Waals surface area contributed by atoms with Crippen molar-refractivity contribution in [3.63, 3.8) is 0 Å². The van der Waals surface area contributed by atoms with E-state index in [4.69, 9.17) is 0 Å². The van der Waals surface area contributed by atoms with Crippen LogP contribution < -0.4 is 9.80 Å². The molecule has 0 aliphatic heterocycles. The van der Waals surface area contributed by atoms with Crippen molar-refractivity contribution in [3.05, 3.63) is 272 Å². The monoisotopic (exact) mass is 796 g/mol. The Bertz CT molecular complexity index is 2750. The van der Waals surface area contributed by atoms with E-state index in [-0.39, 0.29) is 0 Å². The van der Waals surface area contributed by atoms with Crippen LogP contribution in [-0.2, 0) is 0 Å². The number of hydrogen-bond donors (Lipinski definition) is 0. The van der Waals surface area contributed by atoms with Crippen molar-refractivity contribution in [2.24, 2.45) is 0 Å². The van der Waals surface area contributed by atoms with Gasteiger partial charge in [-0.25, -0.2) is 0 Å². The smallest absolute Gasteiger partial charge is 0.0462 e. The molecule has 8 aromatic carbocycles. The van der Waals surface area contributed by atoms with Gasteiger partial charge in [-0.05, 0) is 124 Å². The average molecular weight is 797 g/mol. The van der Waals surface area contributed by atoms with Crippen LogP contribution in [-0.4, -0.2) is 0 Å². The van der Waals surface area contributed by atoms with E-state index in [1.54, 1.807) is 0 Å². The molecule has 0 saturated carbocycles. The van der Waals surface area contributed by atoms with Gasteiger partial charge in [0.1, 0.15) is 0 Å². The van der Waals surface area contributed by atoms with E-state index in [1.165, 1.54) is 50.2 Å². The van der Waals surface area contributed by atoms with E-state index >= 15 is 0 Å². The summed E-state index contributed by atoms with van der Waals surface area (Å²) in [5.41, 5.74) is 16.7. The second-order valence-electron chi connectivity index (χ2n) is 16.1. The van der Waals surface area contributed by atoms with E-state index in [9.17, 15) is 0 Å². The van der Waals surface area contributed by atoms with Gasteiger partial charge in [0.25, 0.3) is 0 Å². The molecular weight excluding hydrogens is 749 g/mol. The maximum Gasteiger partial charge on any atom is 0.0462 e. The number of nitrogens with zero attached hydrogens (tertiary/aromatic N) is 2. The highest BCUT2D eigenvalue weighted by atomic mass is 15.1. The second-order valence-corrected chi connectivity index (χ2v) is 16.1. The van der Waals surface area contributed by atoms with Gasteiger partial charge in [0.15, 0.2) is 0 Å². The van der Waals surface area contributed by atoms with Crippen LogP contribution in [0.1, 0.15) is 35.8 Å². The molecule has 2 aliphatic rings. The lowest BCUT2D eigenvalue weighted by molar-refractivity contribution is 0.839. The molecule has 0 bridgehead atoms. The number of rotatable bonds is 11. The molecule has 0 amide bonds. The summed E-state index contributed by atoms with van der Waals surface area (Å²) in [6.07, 6.45) is 17.9.